The number of hydrogen-bond donors (Lipinski definition) is 1. The Morgan fingerprint density at radius 3 is 2.81 bits per heavy atom. The van der Waals surface area contributed by atoms with E-state index in [1.807, 2.05) is 25.1 Å². The van der Waals surface area contributed by atoms with Gasteiger partial charge in [0.2, 0.25) is 0 Å². The Morgan fingerprint density at radius 2 is 2.10 bits per heavy atom. The first-order chi connectivity index (χ1) is 10.2. The van der Waals surface area contributed by atoms with Crippen LogP contribution in [0.1, 0.15) is 18.1 Å². The lowest BCUT2D eigenvalue weighted by molar-refractivity contribution is 0.266. The Bertz CT molecular complexity index is 566. The molecule has 0 fully saturated rings. The number of nitrogens with zero attached hydrogens (tertiary/aromatic N) is 1. The predicted molar refractivity (Wildman–Crippen MR) is 78.9 cm³/mol. The Hall–Kier alpha value is -2.14. The zero-order chi connectivity index (χ0) is 15.1. The van der Waals surface area contributed by atoms with Crippen molar-refractivity contribution in [3.05, 3.63) is 53.6 Å². The lowest BCUT2D eigenvalue weighted by Gasteiger charge is -2.15. The van der Waals surface area contributed by atoms with Crippen molar-refractivity contribution in [1.82, 2.24) is 4.98 Å². The van der Waals surface area contributed by atoms with Crippen molar-refractivity contribution in [2.75, 3.05) is 13.2 Å². The molecule has 0 radical (unpaired) electrons. The molecule has 0 spiro atoms. The summed E-state index contributed by atoms with van der Waals surface area (Å²) in [6, 6.07) is 7.11. The molecule has 1 aromatic heterocycles. The zero-order valence-electron chi connectivity index (χ0n) is 12.0. The molecular formula is C16H19FN2O2. The lowest BCUT2D eigenvalue weighted by Crippen LogP contribution is -2.07. The number of aromatic nitrogens is 1. The third-order valence-corrected chi connectivity index (χ3v) is 2.92. The van der Waals surface area contributed by atoms with Crippen LogP contribution in [0.3, 0.4) is 0 Å². The van der Waals surface area contributed by atoms with E-state index < -0.39 is 0 Å². The van der Waals surface area contributed by atoms with Gasteiger partial charge in [-0.15, -0.1) is 0 Å². The lowest BCUT2D eigenvalue weighted by atomic mass is 10.1. The molecule has 5 heteroatoms. The van der Waals surface area contributed by atoms with Gasteiger partial charge >= 0.3 is 0 Å². The monoisotopic (exact) mass is 290 g/mol. The molecule has 0 aliphatic carbocycles. The maximum Gasteiger partial charge on any atom is 0.164 e. The van der Waals surface area contributed by atoms with E-state index in [4.69, 9.17) is 15.2 Å². The van der Waals surface area contributed by atoms with Crippen LogP contribution in [0.4, 0.5) is 4.39 Å². The van der Waals surface area contributed by atoms with Crippen LogP contribution in [0.15, 0.2) is 36.7 Å². The van der Waals surface area contributed by atoms with Crippen molar-refractivity contribution in [2.45, 2.75) is 20.0 Å². The smallest absolute Gasteiger partial charge is 0.164 e. The highest BCUT2D eigenvalue weighted by atomic mass is 19.1. The minimum atomic E-state index is -0.378. The number of halogens is 1. The average molecular weight is 290 g/mol. The zero-order valence-corrected chi connectivity index (χ0v) is 12.0. The molecule has 0 unspecified atom stereocenters. The van der Waals surface area contributed by atoms with E-state index in [2.05, 4.69) is 4.98 Å². The number of ether oxygens (including phenoxy) is 2. The highest BCUT2D eigenvalue weighted by Crippen LogP contribution is 2.32. The maximum absolute atomic E-state index is 13.1. The molecule has 2 rings (SSSR count). The second-order valence-corrected chi connectivity index (χ2v) is 4.52. The Kier molecular flexibility index (Phi) is 5.51. The van der Waals surface area contributed by atoms with Crippen LogP contribution < -0.4 is 15.2 Å². The Morgan fingerprint density at radius 1 is 1.24 bits per heavy atom. The Balaban J connectivity index is 2.20. The summed E-state index contributed by atoms with van der Waals surface area (Å²) in [6.45, 7) is 3.21. The van der Waals surface area contributed by atoms with Crippen molar-refractivity contribution in [2.24, 2.45) is 5.73 Å². The van der Waals surface area contributed by atoms with E-state index in [-0.39, 0.29) is 12.4 Å². The second-order valence-electron chi connectivity index (χ2n) is 4.52. The first-order valence-electron chi connectivity index (χ1n) is 6.91. The van der Waals surface area contributed by atoms with E-state index in [1.165, 1.54) is 6.07 Å². The van der Waals surface area contributed by atoms with E-state index >= 15 is 0 Å². The van der Waals surface area contributed by atoms with Gasteiger partial charge in [0.25, 0.3) is 0 Å². The van der Waals surface area contributed by atoms with Gasteiger partial charge in [0.05, 0.1) is 12.8 Å². The van der Waals surface area contributed by atoms with Crippen LogP contribution in [-0.2, 0) is 13.0 Å². The third-order valence-electron chi connectivity index (χ3n) is 2.92. The van der Waals surface area contributed by atoms with E-state index in [0.717, 1.165) is 11.8 Å². The number of rotatable bonds is 7. The van der Waals surface area contributed by atoms with Gasteiger partial charge in [0.1, 0.15) is 12.4 Å². The van der Waals surface area contributed by atoms with Crippen molar-refractivity contribution in [1.29, 1.82) is 0 Å². The van der Waals surface area contributed by atoms with Crippen LogP contribution >= 0.6 is 0 Å². The number of para-hydroxylation sites is 1. The maximum atomic E-state index is 13.1. The molecule has 0 bridgehead atoms. The van der Waals surface area contributed by atoms with E-state index in [0.29, 0.717) is 36.6 Å². The predicted octanol–water partition coefficient (Wildman–Crippen LogP) is 2.70. The van der Waals surface area contributed by atoms with Crippen molar-refractivity contribution in [3.8, 4) is 11.5 Å². The number of benzene rings is 1. The van der Waals surface area contributed by atoms with Crippen molar-refractivity contribution >= 4 is 0 Å². The fraction of sp³-hybridized carbons (Fsp3) is 0.312. The first kappa shape index (κ1) is 15.3. The van der Waals surface area contributed by atoms with Gasteiger partial charge < -0.3 is 15.2 Å². The molecule has 21 heavy (non-hydrogen) atoms. The molecule has 0 aliphatic heterocycles. The van der Waals surface area contributed by atoms with Crippen LogP contribution in [0.5, 0.6) is 11.5 Å². The summed E-state index contributed by atoms with van der Waals surface area (Å²) in [5.74, 6) is 0.957. The number of hydrogen-bond acceptors (Lipinski definition) is 4. The highest BCUT2D eigenvalue weighted by Gasteiger charge is 2.11. The molecule has 4 nitrogen and oxygen atoms in total. The van der Waals surface area contributed by atoms with Gasteiger partial charge in [-0.05, 0) is 37.6 Å². The fourth-order valence-electron chi connectivity index (χ4n) is 2.04. The van der Waals surface area contributed by atoms with E-state index in [1.54, 1.807) is 6.20 Å². The number of pyridine rings is 1. The number of nitrogens with two attached hydrogens (primary N) is 1. The third kappa shape index (κ3) is 4.16. The molecule has 112 valence electrons. The molecule has 0 saturated heterocycles. The van der Waals surface area contributed by atoms with Crippen LogP contribution in [-0.4, -0.2) is 18.1 Å². The minimum absolute atomic E-state index is 0.229. The standard InChI is InChI=1S/C16H19FN2O2/c1-2-20-15-5-3-4-13(6-7-18)16(15)21-11-12-8-14(17)10-19-9-12/h3-5,8-10H,2,6-7,11,18H2,1H3. The van der Waals surface area contributed by atoms with Gasteiger partial charge in [-0.2, -0.15) is 0 Å². The van der Waals surface area contributed by atoms with Gasteiger partial charge in [-0.25, -0.2) is 4.39 Å². The average Bonchev–Trinajstić information content (AvgIpc) is 2.47. The molecule has 0 amide bonds. The summed E-state index contributed by atoms with van der Waals surface area (Å²) in [4.78, 5) is 3.81. The van der Waals surface area contributed by atoms with Crippen molar-refractivity contribution < 1.29 is 13.9 Å². The van der Waals surface area contributed by atoms with E-state index in [9.17, 15) is 4.39 Å². The normalized spacial score (nSPS) is 10.4. The topological polar surface area (TPSA) is 57.4 Å². The summed E-state index contributed by atoms with van der Waals surface area (Å²) in [6.07, 6.45) is 3.43. The molecular weight excluding hydrogens is 271 g/mol. The molecule has 0 atom stereocenters. The largest absolute Gasteiger partial charge is 0.490 e. The minimum Gasteiger partial charge on any atom is -0.490 e. The quantitative estimate of drug-likeness (QED) is 0.852. The molecule has 0 aliphatic rings. The molecule has 1 aromatic carbocycles. The van der Waals surface area contributed by atoms with Crippen LogP contribution in [0, 0.1) is 5.82 Å². The van der Waals surface area contributed by atoms with Crippen molar-refractivity contribution in [3.63, 3.8) is 0 Å². The summed E-state index contributed by atoms with van der Waals surface area (Å²) >= 11 is 0. The van der Waals surface area contributed by atoms with Crippen LogP contribution in [0.2, 0.25) is 0 Å². The highest BCUT2D eigenvalue weighted by molar-refractivity contribution is 5.47. The molecule has 2 aromatic rings. The van der Waals surface area contributed by atoms with Gasteiger partial charge in [-0.1, -0.05) is 12.1 Å². The fourth-order valence-corrected chi connectivity index (χ4v) is 2.04. The van der Waals surface area contributed by atoms with Crippen LogP contribution in [0.25, 0.3) is 0 Å². The summed E-state index contributed by atoms with van der Waals surface area (Å²) in [5, 5.41) is 0. The van der Waals surface area contributed by atoms with Gasteiger partial charge in [0.15, 0.2) is 11.5 Å². The van der Waals surface area contributed by atoms with Gasteiger partial charge in [0, 0.05) is 11.8 Å². The summed E-state index contributed by atoms with van der Waals surface area (Å²) in [5.41, 5.74) is 7.27. The second kappa shape index (κ2) is 7.59. The van der Waals surface area contributed by atoms with Gasteiger partial charge in [-0.3, -0.25) is 4.98 Å². The molecule has 2 N–H and O–H groups in total. The molecule has 0 saturated carbocycles. The first-order valence-corrected chi connectivity index (χ1v) is 6.91. The summed E-state index contributed by atoms with van der Waals surface area (Å²) < 4.78 is 24.5. The SMILES string of the molecule is CCOc1cccc(CCN)c1OCc1cncc(F)c1. The molecule has 1 heterocycles. The summed E-state index contributed by atoms with van der Waals surface area (Å²) in [7, 11) is 0. The Labute approximate surface area is 123 Å².